The molecule has 224 valence electrons. The summed E-state index contributed by atoms with van der Waals surface area (Å²) >= 11 is 0. The van der Waals surface area contributed by atoms with Crippen LogP contribution in [0.3, 0.4) is 0 Å². The van der Waals surface area contributed by atoms with Gasteiger partial charge in [0.1, 0.15) is 18.4 Å². The lowest BCUT2D eigenvalue weighted by Crippen LogP contribution is -2.54. The van der Waals surface area contributed by atoms with Gasteiger partial charge in [0.25, 0.3) is 10.0 Å². The third kappa shape index (κ3) is 8.29. The second-order valence-corrected chi connectivity index (χ2v) is 12.5. The molecule has 1 N–H and O–H groups in total. The van der Waals surface area contributed by atoms with E-state index in [0.717, 1.165) is 33.1 Å². The lowest BCUT2D eigenvalue weighted by Gasteiger charge is -2.34. The van der Waals surface area contributed by atoms with Gasteiger partial charge < -0.3 is 10.2 Å². The van der Waals surface area contributed by atoms with Crippen molar-refractivity contribution < 1.29 is 22.4 Å². The van der Waals surface area contributed by atoms with Crippen molar-refractivity contribution in [2.75, 3.05) is 10.8 Å². The van der Waals surface area contributed by atoms with Crippen LogP contribution in [0.5, 0.6) is 0 Å². The monoisotopic (exact) mass is 601 g/mol. The van der Waals surface area contributed by atoms with E-state index in [1.54, 1.807) is 18.2 Å². The summed E-state index contributed by atoms with van der Waals surface area (Å²) in [4.78, 5) is 29.4. The van der Waals surface area contributed by atoms with E-state index in [9.17, 15) is 22.4 Å². The Morgan fingerprint density at radius 2 is 1.37 bits per heavy atom. The second-order valence-electron chi connectivity index (χ2n) is 10.7. The maximum absolute atomic E-state index is 14.3. The van der Waals surface area contributed by atoms with Crippen LogP contribution in [0.25, 0.3) is 0 Å². The molecule has 2 amide bonds. The maximum Gasteiger partial charge on any atom is 0.264 e. The summed E-state index contributed by atoms with van der Waals surface area (Å²) in [6.07, 6.45) is 0.221. The first-order chi connectivity index (χ1) is 20.5. The van der Waals surface area contributed by atoms with Gasteiger partial charge in [0, 0.05) is 19.0 Å². The van der Waals surface area contributed by atoms with Crippen molar-refractivity contribution in [1.29, 1.82) is 0 Å². The molecule has 0 radical (unpaired) electrons. The molecule has 7 nitrogen and oxygen atoms in total. The Labute approximate surface area is 253 Å². The summed E-state index contributed by atoms with van der Waals surface area (Å²) in [5.74, 6) is -1.47. The van der Waals surface area contributed by atoms with Crippen molar-refractivity contribution in [3.05, 3.63) is 132 Å². The van der Waals surface area contributed by atoms with Gasteiger partial charge in [-0.05, 0) is 68.3 Å². The van der Waals surface area contributed by atoms with E-state index in [1.807, 2.05) is 75.4 Å². The highest BCUT2D eigenvalue weighted by atomic mass is 32.2. The fraction of sp³-hybridized carbons (Fsp3) is 0.235. The highest BCUT2D eigenvalue weighted by Gasteiger charge is 2.34. The molecule has 4 aromatic rings. The number of anilines is 1. The molecule has 1 atom stereocenters. The smallest absolute Gasteiger partial charge is 0.264 e. The van der Waals surface area contributed by atoms with Gasteiger partial charge in [0.05, 0.1) is 10.6 Å². The number of hydrogen-bond acceptors (Lipinski definition) is 4. The van der Waals surface area contributed by atoms with Crippen LogP contribution >= 0.6 is 0 Å². The van der Waals surface area contributed by atoms with Gasteiger partial charge in [-0.15, -0.1) is 0 Å². The van der Waals surface area contributed by atoms with Gasteiger partial charge in [-0.1, -0.05) is 78.4 Å². The number of benzene rings is 4. The van der Waals surface area contributed by atoms with Crippen LogP contribution in [0.2, 0.25) is 0 Å². The summed E-state index contributed by atoms with van der Waals surface area (Å²) in [5.41, 5.74) is 2.80. The lowest BCUT2D eigenvalue weighted by atomic mass is 10.0. The number of nitrogens with one attached hydrogen (secondary N) is 1. The number of hydrogen-bond donors (Lipinski definition) is 1. The molecule has 0 aliphatic rings. The summed E-state index contributed by atoms with van der Waals surface area (Å²) in [7, 11) is -4.24. The normalized spacial score (nSPS) is 12.0. The Hall–Kier alpha value is -4.50. The topological polar surface area (TPSA) is 86.8 Å². The number of carbonyl (C=O) groups excluding carboxylic acids is 2. The highest BCUT2D eigenvalue weighted by Crippen LogP contribution is 2.25. The predicted octanol–water partition coefficient (Wildman–Crippen LogP) is 5.49. The fourth-order valence-electron chi connectivity index (χ4n) is 4.68. The number of aryl methyl sites for hydroxylation is 1. The highest BCUT2D eigenvalue weighted by molar-refractivity contribution is 7.92. The molecule has 0 bridgehead atoms. The van der Waals surface area contributed by atoms with Crippen molar-refractivity contribution >= 4 is 27.5 Å². The Morgan fingerprint density at radius 3 is 1.95 bits per heavy atom. The lowest BCUT2D eigenvalue weighted by molar-refractivity contribution is -0.140. The molecular formula is C34H36FN3O4S. The van der Waals surface area contributed by atoms with E-state index >= 15 is 0 Å². The Kier molecular flexibility index (Phi) is 10.3. The van der Waals surface area contributed by atoms with E-state index in [2.05, 4.69) is 5.32 Å². The van der Waals surface area contributed by atoms with Crippen LogP contribution < -0.4 is 9.62 Å². The van der Waals surface area contributed by atoms with Gasteiger partial charge in [-0.25, -0.2) is 12.8 Å². The zero-order chi connectivity index (χ0) is 31.0. The van der Waals surface area contributed by atoms with Crippen molar-refractivity contribution in [3.63, 3.8) is 0 Å². The van der Waals surface area contributed by atoms with Crippen molar-refractivity contribution in [2.24, 2.45) is 0 Å². The molecule has 0 unspecified atom stereocenters. The van der Waals surface area contributed by atoms with Crippen LogP contribution in [0.4, 0.5) is 10.1 Å². The van der Waals surface area contributed by atoms with Crippen LogP contribution in [0, 0.1) is 12.7 Å². The largest absolute Gasteiger partial charge is 0.352 e. The number of rotatable bonds is 12. The van der Waals surface area contributed by atoms with Gasteiger partial charge >= 0.3 is 0 Å². The van der Waals surface area contributed by atoms with Crippen LogP contribution in [0.1, 0.15) is 30.5 Å². The van der Waals surface area contributed by atoms with Gasteiger partial charge in [-0.3, -0.25) is 13.9 Å². The third-order valence-electron chi connectivity index (χ3n) is 6.90. The molecule has 0 aliphatic carbocycles. The summed E-state index contributed by atoms with van der Waals surface area (Å²) in [6, 6.07) is 28.5. The minimum absolute atomic E-state index is 0.0180. The van der Waals surface area contributed by atoms with Crippen molar-refractivity contribution in [3.8, 4) is 0 Å². The molecule has 43 heavy (non-hydrogen) atoms. The average molecular weight is 602 g/mol. The number of sulfonamides is 1. The van der Waals surface area contributed by atoms with E-state index in [1.165, 1.54) is 29.2 Å². The van der Waals surface area contributed by atoms with E-state index < -0.39 is 34.3 Å². The minimum Gasteiger partial charge on any atom is -0.352 e. The molecule has 0 saturated heterocycles. The summed E-state index contributed by atoms with van der Waals surface area (Å²) < 4.78 is 42.6. The number of halogens is 1. The first kappa shape index (κ1) is 31.4. The zero-order valence-electron chi connectivity index (χ0n) is 24.5. The van der Waals surface area contributed by atoms with E-state index in [-0.39, 0.29) is 35.5 Å². The van der Waals surface area contributed by atoms with Crippen LogP contribution in [0.15, 0.2) is 114 Å². The summed E-state index contributed by atoms with van der Waals surface area (Å²) in [5, 5.41) is 2.93. The van der Waals surface area contributed by atoms with Crippen molar-refractivity contribution in [2.45, 2.75) is 50.7 Å². The average Bonchev–Trinajstić information content (AvgIpc) is 2.99. The molecule has 0 aliphatic heterocycles. The van der Waals surface area contributed by atoms with Gasteiger partial charge in [0.2, 0.25) is 11.8 Å². The van der Waals surface area contributed by atoms with Gasteiger partial charge in [0.15, 0.2) is 0 Å². The molecule has 0 spiro atoms. The van der Waals surface area contributed by atoms with E-state index in [0.29, 0.717) is 0 Å². The fourth-order valence-corrected chi connectivity index (χ4v) is 6.12. The minimum atomic E-state index is -4.24. The summed E-state index contributed by atoms with van der Waals surface area (Å²) in [6.45, 7) is 5.11. The molecule has 9 heteroatoms. The molecular weight excluding hydrogens is 565 g/mol. The van der Waals surface area contributed by atoms with Crippen LogP contribution in [-0.4, -0.2) is 43.8 Å². The molecule has 4 rings (SSSR count). The van der Waals surface area contributed by atoms with E-state index in [4.69, 9.17) is 0 Å². The molecule has 4 aromatic carbocycles. The predicted molar refractivity (Wildman–Crippen MR) is 166 cm³/mol. The van der Waals surface area contributed by atoms with Crippen LogP contribution in [-0.2, 0) is 32.6 Å². The third-order valence-corrected chi connectivity index (χ3v) is 8.69. The van der Waals surface area contributed by atoms with Crippen molar-refractivity contribution in [1.82, 2.24) is 10.2 Å². The standard InChI is InChI=1S/C34H36FN3O4S/c1-25(2)36-34(40)32(22-27-10-6-4-7-11-27)37(23-28-16-14-26(3)15-17-28)33(39)24-38(30-20-18-29(35)19-21-30)43(41,42)31-12-8-5-9-13-31/h4-21,25,32H,22-24H2,1-3H3,(H,36,40)/t32-/m0/s1. The molecule has 0 saturated carbocycles. The zero-order valence-corrected chi connectivity index (χ0v) is 25.3. The molecule has 0 aromatic heterocycles. The van der Waals surface area contributed by atoms with Gasteiger partial charge in [-0.2, -0.15) is 0 Å². The molecule has 0 heterocycles. The second kappa shape index (κ2) is 14.1. The molecule has 0 fully saturated rings. The number of amides is 2. The Morgan fingerprint density at radius 1 is 0.791 bits per heavy atom. The number of carbonyl (C=O) groups is 2. The Balaban J connectivity index is 1.79. The maximum atomic E-state index is 14.3. The Bertz CT molecular complexity index is 1610. The quantitative estimate of drug-likeness (QED) is 0.233. The SMILES string of the molecule is Cc1ccc(CN(C(=O)CN(c2ccc(F)cc2)S(=O)(=O)c2ccccc2)[C@@H](Cc2ccccc2)C(=O)NC(C)C)cc1. The number of nitrogens with zero attached hydrogens (tertiary/aromatic N) is 2. The first-order valence-corrected chi connectivity index (χ1v) is 15.5. The first-order valence-electron chi connectivity index (χ1n) is 14.1.